The summed E-state index contributed by atoms with van der Waals surface area (Å²) in [6.07, 6.45) is 2.65. The van der Waals surface area contributed by atoms with Gasteiger partial charge in [0, 0.05) is 18.2 Å². The van der Waals surface area contributed by atoms with Gasteiger partial charge in [0.2, 0.25) is 0 Å². The Morgan fingerprint density at radius 3 is 2.53 bits per heavy atom. The maximum Gasteiger partial charge on any atom is 0.123 e. The minimum atomic E-state index is 0.747. The number of nitrogens with one attached hydrogen (secondary N) is 1. The summed E-state index contributed by atoms with van der Waals surface area (Å²) in [7, 11) is 1.74. The molecule has 0 radical (unpaired) electrons. The van der Waals surface area contributed by atoms with E-state index in [2.05, 4.69) is 31.3 Å². The van der Waals surface area contributed by atoms with E-state index in [-0.39, 0.29) is 0 Å². The Bertz CT molecular complexity index is 356. The number of methoxy groups -OCH3 is 1. The van der Waals surface area contributed by atoms with Crippen LogP contribution in [0.4, 0.5) is 0 Å². The highest BCUT2D eigenvalue weighted by Gasteiger charge is 2.20. The fraction of sp³-hybridized carbons (Fsp3) is 0.538. The minimum Gasteiger partial charge on any atom is -0.496 e. The first kappa shape index (κ1) is 10.5. The fourth-order valence-corrected chi connectivity index (χ4v) is 1.72. The smallest absolute Gasteiger partial charge is 0.123 e. The molecule has 2 rings (SSSR count). The Morgan fingerprint density at radius 2 is 1.93 bits per heavy atom. The number of aryl methyl sites for hydroxylation is 2. The van der Waals surface area contributed by atoms with Crippen molar-refractivity contribution < 1.29 is 4.74 Å². The summed E-state index contributed by atoms with van der Waals surface area (Å²) < 4.78 is 5.39. The van der Waals surface area contributed by atoms with Crippen LogP contribution in [0, 0.1) is 13.8 Å². The van der Waals surface area contributed by atoms with Crippen LogP contribution in [0.15, 0.2) is 12.1 Å². The first-order chi connectivity index (χ1) is 7.20. The van der Waals surface area contributed by atoms with E-state index in [0.29, 0.717) is 0 Å². The summed E-state index contributed by atoms with van der Waals surface area (Å²) in [5, 5.41) is 3.51. The third kappa shape index (κ3) is 2.51. The van der Waals surface area contributed by atoms with Crippen LogP contribution in [-0.4, -0.2) is 13.2 Å². The van der Waals surface area contributed by atoms with Crippen molar-refractivity contribution in [3.63, 3.8) is 0 Å². The monoisotopic (exact) mass is 205 g/mol. The van der Waals surface area contributed by atoms with Crippen molar-refractivity contribution in [2.45, 2.75) is 39.3 Å². The number of hydrogen-bond donors (Lipinski definition) is 1. The quantitative estimate of drug-likeness (QED) is 0.815. The van der Waals surface area contributed by atoms with Gasteiger partial charge in [-0.15, -0.1) is 0 Å². The number of ether oxygens (including phenoxy) is 1. The van der Waals surface area contributed by atoms with Crippen molar-refractivity contribution in [2.75, 3.05) is 7.11 Å². The lowest BCUT2D eigenvalue weighted by molar-refractivity contribution is 0.407. The van der Waals surface area contributed by atoms with E-state index < -0.39 is 0 Å². The van der Waals surface area contributed by atoms with E-state index >= 15 is 0 Å². The molecule has 1 aliphatic carbocycles. The van der Waals surface area contributed by atoms with Crippen LogP contribution in [0.5, 0.6) is 5.75 Å². The van der Waals surface area contributed by atoms with Crippen LogP contribution in [0.25, 0.3) is 0 Å². The Balaban J connectivity index is 2.15. The zero-order chi connectivity index (χ0) is 10.8. The molecule has 0 bridgehead atoms. The second-order valence-corrected chi connectivity index (χ2v) is 4.40. The van der Waals surface area contributed by atoms with Gasteiger partial charge in [-0.1, -0.05) is 6.07 Å². The lowest BCUT2D eigenvalue weighted by Crippen LogP contribution is -2.16. The zero-order valence-electron chi connectivity index (χ0n) is 9.76. The van der Waals surface area contributed by atoms with E-state index in [1.54, 1.807) is 7.11 Å². The molecule has 0 unspecified atom stereocenters. The van der Waals surface area contributed by atoms with Crippen LogP contribution in [0.3, 0.4) is 0 Å². The number of hydrogen-bond acceptors (Lipinski definition) is 2. The predicted molar refractivity (Wildman–Crippen MR) is 62.3 cm³/mol. The molecule has 2 nitrogen and oxygen atoms in total. The highest BCUT2D eigenvalue weighted by atomic mass is 16.5. The SMILES string of the molecule is COc1cc(C)c(C)cc1CNC1CC1. The van der Waals surface area contributed by atoms with E-state index in [0.717, 1.165) is 18.3 Å². The second-order valence-electron chi connectivity index (χ2n) is 4.40. The fourth-order valence-electron chi connectivity index (χ4n) is 1.72. The molecule has 1 aromatic carbocycles. The predicted octanol–water partition coefficient (Wildman–Crippen LogP) is 2.56. The average molecular weight is 205 g/mol. The molecule has 0 atom stereocenters. The summed E-state index contributed by atoms with van der Waals surface area (Å²) in [6, 6.07) is 5.10. The van der Waals surface area contributed by atoms with Gasteiger partial charge in [-0.05, 0) is 43.9 Å². The molecule has 0 heterocycles. The molecule has 1 fully saturated rings. The van der Waals surface area contributed by atoms with Gasteiger partial charge in [-0.2, -0.15) is 0 Å². The maximum absolute atomic E-state index is 5.39. The van der Waals surface area contributed by atoms with Crippen molar-refractivity contribution in [2.24, 2.45) is 0 Å². The zero-order valence-corrected chi connectivity index (χ0v) is 9.76. The third-order valence-electron chi connectivity index (χ3n) is 3.06. The van der Waals surface area contributed by atoms with Gasteiger partial charge in [0.1, 0.15) is 5.75 Å². The second kappa shape index (κ2) is 4.23. The van der Waals surface area contributed by atoms with Gasteiger partial charge in [0.15, 0.2) is 0 Å². The molecule has 82 valence electrons. The van der Waals surface area contributed by atoms with Crippen molar-refractivity contribution in [1.82, 2.24) is 5.32 Å². The van der Waals surface area contributed by atoms with Crippen molar-refractivity contribution in [3.8, 4) is 5.75 Å². The molecule has 1 N–H and O–H groups in total. The van der Waals surface area contributed by atoms with Gasteiger partial charge in [-0.3, -0.25) is 0 Å². The largest absolute Gasteiger partial charge is 0.496 e. The van der Waals surface area contributed by atoms with Gasteiger partial charge >= 0.3 is 0 Å². The minimum absolute atomic E-state index is 0.747. The summed E-state index contributed by atoms with van der Waals surface area (Å²) >= 11 is 0. The normalized spacial score (nSPS) is 15.4. The molecule has 0 saturated heterocycles. The molecule has 1 aliphatic rings. The van der Waals surface area contributed by atoms with Crippen LogP contribution in [-0.2, 0) is 6.54 Å². The summed E-state index contributed by atoms with van der Waals surface area (Å²) in [6.45, 7) is 5.19. The summed E-state index contributed by atoms with van der Waals surface area (Å²) in [4.78, 5) is 0. The Labute approximate surface area is 91.6 Å². The van der Waals surface area contributed by atoms with Gasteiger partial charge in [0.25, 0.3) is 0 Å². The molecule has 0 aromatic heterocycles. The molecule has 1 aromatic rings. The van der Waals surface area contributed by atoms with Crippen molar-refractivity contribution in [3.05, 3.63) is 28.8 Å². The van der Waals surface area contributed by atoms with Crippen LogP contribution in [0.1, 0.15) is 29.5 Å². The van der Waals surface area contributed by atoms with E-state index in [4.69, 9.17) is 4.74 Å². The molecule has 15 heavy (non-hydrogen) atoms. The summed E-state index contributed by atoms with van der Waals surface area (Å²) in [5.41, 5.74) is 3.90. The lowest BCUT2D eigenvalue weighted by Gasteiger charge is -2.12. The van der Waals surface area contributed by atoms with Crippen molar-refractivity contribution >= 4 is 0 Å². The van der Waals surface area contributed by atoms with Gasteiger partial charge in [-0.25, -0.2) is 0 Å². The Hall–Kier alpha value is -1.02. The van der Waals surface area contributed by atoms with E-state index in [9.17, 15) is 0 Å². The lowest BCUT2D eigenvalue weighted by atomic mass is 10.0. The highest BCUT2D eigenvalue weighted by molar-refractivity contribution is 5.41. The number of benzene rings is 1. The van der Waals surface area contributed by atoms with Gasteiger partial charge in [0.05, 0.1) is 7.11 Å². The first-order valence-corrected chi connectivity index (χ1v) is 5.58. The molecule has 0 amide bonds. The number of rotatable bonds is 4. The molecule has 0 spiro atoms. The average Bonchev–Trinajstić information content (AvgIpc) is 3.03. The Morgan fingerprint density at radius 1 is 1.27 bits per heavy atom. The Kier molecular flexibility index (Phi) is 2.96. The van der Waals surface area contributed by atoms with E-state index in [1.807, 2.05) is 0 Å². The molecule has 2 heteroatoms. The summed E-state index contributed by atoms with van der Waals surface area (Å²) in [5.74, 6) is 1.01. The molecule has 1 saturated carbocycles. The van der Waals surface area contributed by atoms with Crippen LogP contribution >= 0.6 is 0 Å². The molecular formula is C13H19NO. The van der Waals surface area contributed by atoms with Crippen molar-refractivity contribution in [1.29, 1.82) is 0 Å². The third-order valence-corrected chi connectivity index (χ3v) is 3.06. The van der Waals surface area contributed by atoms with E-state index in [1.165, 1.54) is 29.5 Å². The molecule has 0 aliphatic heterocycles. The topological polar surface area (TPSA) is 21.3 Å². The van der Waals surface area contributed by atoms with Gasteiger partial charge < -0.3 is 10.1 Å². The maximum atomic E-state index is 5.39. The molecular weight excluding hydrogens is 186 g/mol. The highest BCUT2D eigenvalue weighted by Crippen LogP contribution is 2.25. The van der Waals surface area contributed by atoms with Crippen LogP contribution < -0.4 is 10.1 Å². The van der Waals surface area contributed by atoms with Crippen LogP contribution in [0.2, 0.25) is 0 Å². The first-order valence-electron chi connectivity index (χ1n) is 5.58. The standard InChI is InChI=1S/C13H19NO/c1-9-6-11(8-14-12-4-5-12)13(15-3)7-10(9)2/h6-7,12,14H,4-5,8H2,1-3H3.